The summed E-state index contributed by atoms with van der Waals surface area (Å²) in [5, 5.41) is 18.9. The number of rotatable bonds is 5. The Labute approximate surface area is 182 Å². The third-order valence-electron chi connectivity index (χ3n) is 4.19. The van der Waals surface area contributed by atoms with E-state index in [0.29, 0.717) is 20.9 Å². The summed E-state index contributed by atoms with van der Waals surface area (Å²) in [6.07, 6.45) is 4.92. The zero-order valence-electron chi connectivity index (χ0n) is 15.6. The SMILES string of the molecule is O=C1/C(=C/c2ccc(O)cc2)S/C(=N\N=C\c2ccc(Cl)cc2)N1Cc1ccco1. The molecule has 0 aliphatic carbocycles. The molecule has 0 spiro atoms. The maximum atomic E-state index is 13.0. The average Bonchev–Trinajstić information content (AvgIpc) is 3.35. The summed E-state index contributed by atoms with van der Waals surface area (Å²) in [5.41, 5.74) is 1.64. The number of thioether (sulfide) groups is 1. The molecule has 1 saturated heterocycles. The predicted octanol–water partition coefficient (Wildman–Crippen LogP) is 5.15. The van der Waals surface area contributed by atoms with Crippen molar-refractivity contribution < 1.29 is 14.3 Å². The Bertz CT molecular complexity index is 1120. The van der Waals surface area contributed by atoms with Crippen LogP contribution in [0, 0.1) is 0 Å². The molecule has 0 saturated carbocycles. The van der Waals surface area contributed by atoms with Gasteiger partial charge in [-0.1, -0.05) is 35.9 Å². The molecule has 1 aromatic heterocycles. The van der Waals surface area contributed by atoms with E-state index >= 15 is 0 Å². The molecule has 1 aliphatic rings. The summed E-state index contributed by atoms with van der Waals surface area (Å²) in [5.74, 6) is 0.620. The van der Waals surface area contributed by atoms with E-state index in [2.05, 4.69) is 10.2 Å². The van der Waals surface area contributed by atoms with Gasteiger partial charge in [0.05, 0.1) is 23.9 Å². The number of hydrogen-bond donors (Lipinski definition) is 1. The van der Waals surface area contributed by atoms with Crippen LogP contribution in [0.15, 0.2) is 86.5 Å². The zero-order chi connectivity index (χ0) is 20.9. The van der Waals surface area contributed by atoms with Crippen LogP contribution in [0.25, 0.3) is 6.08 Å². The normalized spacial score (nSPS) is 17.0. The van der Waals surface area contributed by atoms with Gasteiger partial charge in [-0.2, -0.15) is 5.10 Å². The van der Waals surface area contributed by atoms with Gasteiger partial charge in [-0.25, -0.2) is 0 Å². The van der Waals surface area contributed by atoms with E-state index in [4.69, 9.17) is 16.0 Å². The maximum Gasteiger partial charge on any atom is 0.267 e. The van der Waals surface area contributed by atoms with Crippen molar-refractivity contribution in [1.29, 1.82) is 0 Å². The van der Waals surface area contributed by atoms with Crippen LogP contribution in [0.1, 0.15) is 16.9 Å². The first kappa shape index (κ1) is 20.0. The van der Waals surface area contributed by atoms with Gasteiger partial charge >= 0.3 is 0 Å². The third-order valence-corrected chi connectivity index (χ3v) is 5.44. The molecule has 4 rings (SSSR count). The predicted molar refractivity (Wildman–Crippen MR) is 119 cm³/mol. The van der Waals surface area contributed by atoms with Crippen molar-refractivity contribution in [3.05, 3.63) is 93.7 Å². The smallest absolute Gasteiger partial charge is 0.267 e. The number of carbonyl (C=O) groups is 1. The second-order valence-corrected chi connectivity index (χ2v) is 7.80. The van der Waals surface area contributed by atoms with Crippen LogP contribution < -0.4 is 0 Å². The van der Waals surface area contributed by atoms with Gasteiger partial charge in [0.25, 0.3) is 5.91 Å². The lowest BCUT2D eigenvalue weighted by atomic mass is 10.2. The molecule has 2 heterocycles. The number of amides is 1. The fraction of sp³-hybridized carbons (Fsp3) is 0.0455. The van der Waals surface area contributed by atoms with Crippen LogP contribution in [0.2, 0.25) is 5.02 Å². The third kappa shape index (κ3) is 4.82. The molecule has 8 heteroatoms. The van der Waals surface area contributed by atoms with Crippen molar-refractivity contribution in [2.75, 3.05) is 0 Å². The molecule has 0 atom stereocenters. The topological polar surface area (TPSA) is 78.4 Å². The van der Waals surface area contributed by atoms with Gasteiger partial charge in [0.1, 0.15) is 11.5 Å². The summed E-state index contributed by atoms with van der Waals surface area (Å²) in [7, 11) is 0. The molecule has 1 fully saturated rings. The molecule has 30 heavy (non-hydrogen) atoms. The molecule has 2 aromatic carbocycles. The molecule has 1 amide bonds. The second kappa shape index (κ2) is 9.02. The van der Waals surface area contributed by atoms with Crippen LogP contribution in [-0.2, 0) is 11.3 Å². The van der Waals surface area contributed by atoms with Crippen LogP contribution in [0.4, 0.5) is 0 Å². The number of nitrogens with zero attached hydrogens (tertiary/aromatic N) is 3. The second-order valence-electron chi connectivity index (χ2n) is 6.35. The Morgan fingerprint density at radius 2 is 1.80 bits per heavy atom. The van der Waals surface area contributed by atoms with E-state index in [-0.39, 0.29) is 18.2 Å². The largest absolute Gasteiger partial charge is 0.508 e. The quantitative estimate of drug-likeness (QED) is 0.340. The van der Waals surface area contributed by atoms with Crippen molar-refractivity contribution >= 4 is 46.7 Å². The summed E-state index contributed by atoms with van der Waals surface area (Å²) in [6, 6.07) is 17.4. The Kier molecular flexibility index (Phi) is 6.02. The van der Waals surface area contributed by atoms with E-state index in [9.17, 15) is 9.90 Å². The Morgan fingerprint density at radius 3 is 2.50 bits per heavy atom. The molecule has 150 valence electrons. The fourth-order valence-electron chi connectivity index (χ4n) is 2.70. The van der Waals surface area contributed by atoms with Gasteiger partial charge in [-0.05, 0) is 65.4 Å². The van der Waals surface area contributed by atoms with Crippen LogP contribution in [0.5, 0.6) is 5.75 Å². The minimum atomic E-state index is -0.190. The van der Waals surface area contributed by atoms with Gasteiger partial charge in [-0.3, -0.25) is 9.69 Å². The molecule has 0 radical (unpaired) electrons. The van der Waals surface area contributed by atoms with Crippen molar-refractivity contribution in [2.24, 2.45) is 10.2 Å². The lowest BCUT2D eigenvalue weighted by Gasteiger charge is -2.12. The lowest BCUT2D eigenvalue weighted by Crippen LogP contribution is -2.28. The average molecular weight is 438 g/mol. The first-order valence-corrected chi connectivity index (χ1v) is 10.2. The lowest BCUT2D eigenvalue weighted by molar-refractivity contribution is -0.122. The number of carbonyl (C=O) groups excluding carboxylic acids is 1. The molecular weight excluding hydrogens is 422 g/mol. The Hall–Kier alpha value is -3.29. The van der Waals surface area contributed by atoms with E-state index in [1.54, 1.807) is 67.1 Å². The van der Waals surface area contributed by atoms with Gasteiger partial charge in [-0.15, -0.1) is 5.10 Å². The Morgan fingerprint density at radius 1 is 1.07 bits per heavy atom. The number of hydrogen-bond acceptors (Lipinski definition) is 6. The van der Waals surface area contributed by atoms with Gasteiger partial charge in [0.15, 0.2) is 5.17 Å². The number of phenols is 1. The summed E-state index contributed by atoms with van der Waals surface area (Å²) in [4.78, 5) is 15.0. The number of aromatic hydroxyl groups is 1. The van der Waals surface area contributed by atoms with Gasteiger partial charge in [0, 0.05) is 5.02 Å². The summed E-state index contributed by atoms with van der Waals surface area (Å²) >= 11 is 7.13. The van der Waals surface area contributed by atoms with E-state index < -0.39 is 0 Å². The Balaban J connectivity index is 1.60. The first-order valence-electron chi connectivity index (χ1n) is 8.98. The molecule has 0 unspecified atom stereocenters. The number of furan rings is 1. The van der Waals surface area contributed by atoms with E-state index in [1.165, 1.54) is 16.7 Å². The number of amidine groups is 1. The fourth-order valence-corrected chi connectivity index (χ4v) is 3.76. The van der Waals surface area contributed by atoms with Crippen molar-refractivity contribution in [3.8, 4) is 5.75 Å². The highest BCUT2D eigenvalue weighted by Gasteiger charge is 2.34. The maximum absolute atomic E-state index is 13.0. The van der Waals surface area contributed by atoms with Crippen LogP contribution in [0.3, 0.4) is 0 Å². The van der Waals surface area contributed by atoms with Crippen molar-refractivity contribution in [3.63, 3.8) is 0 Å². The summed E-state index contributed by atoms with van der Waals surface area (Å²) < 4.78 is 5.39. The highest BCUT2D eigenvalue weighted by atomic mass is 35.5. The van der Waals surface area contributed by atoms with Crippen LogP contribution >= 0.6 is 23.4 Å². The highest BCUT2D eigenvalue weighted by molar-refractivity contribution is 8.18. The monoisotopic (exact) mass is 437 g/mol. The molecule has 6 nitrogen and oxygen atoms in total. The standard InChI is InChI=1S/C22H16ClN3O3S/c23-17-7-3-16(4-8-17)13-24-25-22-26(14-19-2-1-11-29-19)21(28)20(30-22)12-15-5-9-18(27)10-6-15/h1-13,27H,14H2/b20-12-,24-13+,25-22-. The molecular formula is C22H16ClN3O3S. The summed E-state index contributed by atoms with van der Waals surface area (Å²) in [6.45, 7) is 0.251. The first-order chi connectivity index (χ1) is 14.6. The van der Waals surface area contributed by atoms with E-state index in [1.807, 2.05) is 12.1 Å². The highest BCUT2D eigenvalue weighted by Crippen LogP contribution is 2.34. The molecule has 3 aromatic rings. The number of phenolic OH excluding ortho intramolecular Hbond substituents is 1. The number of halogens is 1. The molecule has 1 N–H and O–H groups in total. The molecule has 1 aliphatic heterocycles. The minimum absolute atomic E-state index is 0.167. The van der Waals surface area contributed by atoms with Crippen molar-refractivity contribution in [1.82, 2.24) is 4.90 Å². The van der Waals surface area contributed by atoms with Gasteiger partial charge in [0.2, 0.25) is 0 Å². The number of benzene rings is 2. The minimum Gasteiger partial charge on any atom is -0.508 e. The van der Waals surface area contributed by atoms with Crippen molar-refractivity contribution in [2.45, 2.75) is 6.54 Å². The van der Waals surface area contributed by atoms with Crippen LogP contribution in [-0.4, -0.2) is 27.3 Å². The zero-order valence-corrected chi connectivity index (χ0v) is 17.2. The molecule has 0 bridgehead atoms. The van der Waals surface area contributed by atoms with E-state index in [0.717, 1.165) is 11.1 Å². The van der Waals surface area contributed by atoms with Gasteiger partial charge < -0.3 is 9.52 Å².